The molecule has 1 aromatic carbocycles. The van der Waals surface area contributed by atoms with Gasteiger partial charge in [-0.3, -0.25) is 14.5 Å². The highest BCUT2D eigenvalue weighted by Crippen LogP contribution is 2.15. The van der Waals surface area contributed by atoms with Crippen LogP contribution in [0, 0.1) is 6.92 Å². The summed E-state index contributed by atoms with van der Waals surface area (Å²) in [5.41, 5.74) is 2.32. The van der Waals surface area contributed by atoms with Crippen molar-refractivity contribution in [2.75, 3.05) is 7.11 Å². The molecule has 2 heterocycles. The van der Waals surface area contributed by atoms with Crippen LogP contribution in [0.5, 0.6) is 5.75 Å². The van der Waals surface area contributed by atoms with Crippen molar-refractivity contribution in [1.29, 1.82) is 0 Å². The number of rotatable bonds is 3. The number of fused-ring (bicyclic) bond motifs is 1. The van der Waals surface area contributed by atoms with E-state index in [-0.39, 0.29) is 5.56 Å². The van der Waals surface area contributed by atoms with Crippen molar-refractivity contribution in [3.8, 4) is 5.75 Å². The average molecular weight is 270 g/mol. The van der Waals surface area contributed by atoms with Gasteiger partial charge >= 0.3 is 0 Å². The highest BCUT2D eigenvalue weighted by molar-refractivity contribution is 5.78. The van der Waals surface area contributed by atoms with E-state index in [1.165, 1.54) is 4.57 Å². The molecule has 102 valence electrons. The van der Waals surface area contributed by atoms with E-state index >= 15 is 0 Å². The molecule has 0 saturated heterocycles. The largest absolute Gasteiger partial charge is 0.497 e. The Morgan fingerprint density at radius 3 is 2.90 bits per heavy atom. The van der Waals surface area contributed by atoms with E-state index in [2.05, 4.69) is 15.2 Å². The fourth-order valence-electron chi connectivity index (χ4n) is 2.11. The number of aromatic amines is 1. The maximum atomic E-state index is 12.4. The normalized spacial score (nSPS) is 10.9. The maximum Gasteiger partial charge on any atom is 0.261 e. The van der Waals surface area contributed by atoms with Gasteiger partial charge in [-0.25, -0.2) is 4.98 Å². The van der Waals surface area contributed by atoms with Gasteiger partial charge < -0.3 is 4.74 Å². The first kappa shape index (κ1) is 12.4. The Kier molecular flexibility index (Phi) is 2.98. The number of nitrogens with zero attached hydrogens (tertiary/aromatic N) is 3. The summed E-state index contributed by atoms with van der Waals surface area (Å²) in [5, 5.41) is 7.53. The molecule has 0 atom stereocenters. The molecule has 20 heavy (non-hydrogen) atoms. The molecule has 0 bridgehead atoms. The Labute approximate surface area is 115 Å². The molecule has 0 aliphatic carbocycles. The van der Waals surface area contributed by atoms with E-state index in [9.17, 15) is 4.79 Å². The Balaban J connectivity index is 2.08. The van der Waals surface area contributed by atoms with Crippen LogP contribution >= 0.6 is 0 Å². The van der Waals surface area contributed by atoms with Crippen molar-refractivity contribution in [2.24, 2.45) is 0 Å². The third kappa shape index (κ3) is 2.16. The molecule has 6 nitrogen and oxygen atoms in total. The zero-order chi connectivity index (χ0) is 14.1. The van der Waals surface area contributed by atoms with Crippen molar-refractivity contribution in [1.82, 2.24) is 19.7 Å². The van der Waals surface area contributed by atoms with Gasteiger partial charge in [-0.1, -0.05) is 0 Å². The smallest absolute Gasteiger partial charge is 0.261 e. The van der Waals surface area contributed by atoms with Crippen LogP contribution in [-0.2, 0) is 6.54 Å². The van der Waals surface area contributed by atoms with Crippen molar-refractivity contribution in [3.05, 3.63) is 52.3 Å². The fourth-order valence-corrected chi connectivity index (χ4v) is 2.11. The predicted octanol–water partition coefficient (Wildman–Crippen LogP) is 1.48. The summed E-state index contributed by atoms with van der Waals surface area (Å²) in [6, 6.07) is 7.17. The molecular formula is C14H14N4O2. The van der Waals surface area contributed by atoms with Gasteiger partial charge in [0, 0.05) is 5.69 Å². The molecule has 0 aliphatic rings. The topological polar surface area (TPSA) is 72.8 Å². The first-order chi connectivity index (χ1) is 9.67. The van der Waals surface area contributed by atoms with E-state index in [0.29, 0.717) is 23.2 Å². The van der Waals surface area contributed by atoms with E-state index < -0.39 is 0 Å². The number of aryl methyl sites for hydroxylation is 1. The summed E-state index contributed by atoms with van der Waals surface area (Å²) in [6.45, 7) is 2.31. The van der Waals surface area contributed by atoms with Crippen molar-refractivity contribution in [2.45, 2.75) is 13.5 Å². The van der Waals surface area contributed by atoms with Crippen LogP contribution < -0.4 is 10.3 Å². The Morgan fingerprint density at radius 1 is 1.35 bits per heavy atom. The van der Waals surface area contributed by atoms with E-state index in [4.69, 9.17) is 4.74 Å². The van der Waals surface area contributed by atoms with Gasteiger partial charge in [0.1, 0.15) is 5.75 Å². The molecular weight excluding hydrogens is 256 g/mol. The van der Waals surface area contributed by atoms with Crippen LogP contribution in [0.15, 0.2) is 35.4 Å². The fraction of sp³-hybridized carbons (Fsp3) is 0.214. The van der Waals surface area contributed by atoms with Crippen molar-refractivity contribution < 1.29 is 4.74 Å². The summed E-state index contributed by atoms with van der Waals surface area (Å²) >= 11 is 0. The molecule has 0 radical (unpaired) electrons. The molecule has 0 saturated carbocycles. The summed E-state index contributed by atoms with van der Waals surface area (Å²) in [4.78, 5) is 16.7. The van der Waals surface area contributed by atoms with Gasteiger partial charge in [0.2, 0.25) is 0 Å². The Hall–Kier alpha value is -2.63. The number of hydrogen-bond donors (Lipinski definition) is 1. The molecule has 0 unspecified atom stereocenters. The second kappa shape index (κ2) is 4.80. The van der Waals surface area contributed by atoms with Gasteiger partial charge in [0.15, 0.2) is 0 Å². The third-order valence-electron chi connectivity index (χ3n) is 3.12. The number of nitrogens with one attached hydrogen (secondary N) is 1. The quantitative estimate of drug-likeness (QED) is 0.782. The lowest BCUT2D eigenvalue weighted by Gasteiger charge is -2.06. The summed E-state index contributed by atoms with van der Waals surface area (Å²) in [5.74, 6) is 0.643. The number of methoxy groups -OCH3 is 1. The molecule has 2 aromatic heterocycles. The molecule has 6 heteroatoms. The summed E-state index contributed by atoms with van der Waals surface area (Å²) < 4.78 is 6.68. The van der Waals surface area contributed by atoms with Gasteiger partial charge in [0.05, 0.1) is 36.6 Å². The molecule has 0 amide bonds. The van der Waals surface area contributed by atoms with Crippen LogP contribution in [0.4, 0.5) is 0 Å². The average Bonchev–Trinajstić information content (AvgIpc) is 2.87. The highest BCUT2D eigenvalue weighted by Gasteiger charge is 2.07. The number of hydrogen-bond acceptors (Lipinski definition) is 4. The van der Waals surface area contributed by atoms with Crippen molar-refractivity contribution >= 4 is 10.9 Å². The first-order valence-corrected chi connectivity index (χ1v) is 6.21. The second-order valence-corrected chi connectivity index (χ2v) is 4.60. The number of aromatic nitrogens is 4. The van der Waals surface area contributed by atoms with E-state index in [1.54, 1.807) is 31.6 Å². The van der Waals surface area contributed by atoms with E-state index in [0.717, 1.165) is 11.4 Å². The van der Waals surface area contributed by atoms with Crippen LogP contribution in [0.2, 0.25) is 0 Å². The Morgan fingerprint density at radius 2 is 2.20 bits per heavy atom. The monoisotopic (exact) mass is 270 g/mol. The minimum absolute atomic E-state index is 0.102. The lowest BCUT2D eigenvalue weighted by Crippen LogP contribution is -2.21. The number of benzene rings is 1. The van der Waals surface area contributed by atoms with Gasteiger partial charge in [-0.15, -0.1) is 0 Å². The Bertz CT molecular complexity index is 819. The predicted molar refractivity (Wildman–Crippen MR) is 75.0 cm³/mol. The molecule has 0 spiro atoms. The SMILES string of the molecule is COc1ccc2ncn(Cc3cc(C)[nH]n3)c(=O)c2c1. The minimum Gasteiger partial charge on any atom is -0.497 e. The maximum absolute atomic E-state index is 12.4. The number of H-pyrrole nitrogens is 1. The molecule has 3 rings (SSSR count). The van der Waals surface area contributed by atoms with Crippen LogP contribution in [0.25, 0.3) is 10.9 Å². The van der Waals surface area contributed by atoms with Gasteiger partial charge in [0.25, 0.3) is 5.56 Å². The van der Waals surface area contributed by atoms with Crippen molar-refractivity contribution in [3.63, 3.8) is 0 Å². The molecule has 0 fully saturated rings. The standard InChI is InChI=1S/C14H14N4O2/c1-9-5-10(17-16-9)7-18-8-15-13-4-3-11(20-2)6-12(13)14(18)19/h3-6,8H,7H2,1-2H3,(H,16,17). The lowest BCUT2D eigenvalue weighted by atomic mass is 10.2. The van der Waals surface area contributed by atoms with Crippen LogP contribution in [0.3, 0.4) is 0 Å². The van der Waals surface area contributed by atoms with Crippen LogP contribution in [0.1, 0.15) is 11.4 Å². The lowest BCUT2D eigenvalue weighted by molar-refractivity contribution is 0.415. The zero-order valence-electron chi connectivity index (χ0n) is 11.3. The first-order valence-electron chi connectivity index (χ1n) is 6.21. The minimum atomic E-state index is -0.102. The molecule has 3 aromatic rings. The molecule has 1 N–H and O–H groups in total. The van der Waals surface area contributed by atoms with Gasteiger partial charge in [-0.2, -0.15) is 5.10 Å². The van der Waals surface area contributed by atoms with Crippen LogP contribution in [-0.4, -0.2) is 26.9 Å². The molecule has 0 aliphatic heterocycles. The second-order valence-electron chi connectivity index (χ2n) is 4.60. The third-order valence-corrected chi connectivity index (χ3v) is 3.12. The highest BCUT2D eigenvalue weighted by atomic mass is 16.5. The summed E-state index contributed by atoms with van der Waals surface area (Å²) in [7, 11) is 1.57. The zero-order valence-corrected chi connectivity index (χ0v) is 11.3. The van der Waals surface area contributed by atoms with E-state index in [1.807, 2.05) is 13.0 Å². The van der Waals surface area contributed by atoms with Gasteiger partial charge in [-0.05, 0) is 31.2 Å². The summed E-state index contributed by atoms with van der Waals surface area (Å²) in [6.07, 6.45) is 1.54. The number of ether oxygens (including phenoxy) is 1.